The summed E-state index contributed by atoms with van der Waals surface area (Å²) in [7, 11) is 0. The third kappa shape index (κ3) is 5.29. The van der Waals surface area contributed by atoms with Crippen molar-refractivity contribution in [3.05, 3.63) is 96.4 Å². The highest BCUT2D eigenvalue weighted by Gasteiger charge is 2.30. The van der Waals surface area contributed by atoms with Gasteiger partial charge in [0.25, 0.3) is 0 Å². The van der Waals surface area contributed by atoms with Gasteiger partial charge in [0, 0.05) is 36.3 Å². The van der Waals surface area contributed by atoms with Gasteiger partial charge in [0.05, 0.1) is 11.3 Å². The second-order valence-electron chi connectivity index (χ2n) is 7.29. The molecule has 0 spiro atoms. The summed E-state index contributed by atoms with van der Waals surface area (Å²) in [4.78, 5) is 13.0. The molecule has 32 heavy (non-hydrogen) atoms. The molecule has 4 nitrogen and oxygen atoms in total. The van der Waals surface area contributed by atoms with Gasteiger partial charge in [-0.15, -0.1) is 0 Å². The zero-order valence-corrected chi connectivity index (χ0v) is 17.2. The lowest BCUT2D eigenvalue weighted by Gasteiger charge is -2.13. The van der Waals surface area contributed by atoms with Crippen LogP contribution in [0.15, 0.2) is 85.3 Å². The van der Waals surface area contributed by atoms with Crippen LogP contribution in [-0.2, 0) is 12.6 Å². The molecule has 4 rings (SSSR count). The lowest BCUT2D eigenvalue weighted by Crippen LogP contribution is -2.08. The van der Waals surface area contributed by atoms with Crippen LogP contribution in [0.25, 0.3) is 22.4 Å². The highest BCUT2D eigenvalue weighted by molar-refractivity contribution is 5.81. The van der Waals surface area contributed by atoms with Crippen molar-refractivity contribution in [2.75, 3.05) is 11.9 Å². The van der Waals surface area contributed by atoms with Gasteiger partial charge in [0.2, 0.25) is 5.95 Å². The highest BCUT2D eigenvalue weighted by atomic mass is 19.4. The van der Waals surface area contributed by atoms with E-state index in [1.54, 1.807) is 36.8 Å². The Labute approximate surface area is 184 Å². The highest BCUT2D eigenvalue weighted by Crippen LogP contribution is 2.35. The fraction of sp³-hybridized carbons (Fsp3) is 0.160. The second kappa shape index (κ2) is 9.60. The summed E-state index contributed by atoms with van der Waals surface area (Å²) in [5, 5.41) is 3.22. The number of alkyl halides is 3. The summed E-state index contributed by atoms with van der Waals surface area (Å²) in [6.45, 7) is 0.674. The van der Waals surface area contributed by atoms with Crippen molar-refractivity contribution in [3.63, 3.8) is 0 Å². The Morgan fingerprint density at radius 1 is 0.844 bits per heavy atom. The standard InChI is InChI=1S/C25H21F3N4/c26-25(27,28)21-10-4-9-20(16-21)22-17-31-24(32-23(22)19-11-14-29-15-12-19)30-13-5-8-18-6-2-1-3-7-18/h1-4,6-7,9-12,14-17H,5,8,13H2,(H,30,31,32). The molecule has 0 radical (unpaired) electrons. The monoisotopic (exact) mass is 434 g/mol. The lowest BCUT2D eigenvalue weighted by atomic mass is 9.99. The third-order valence-electron chi connectivity index (χ3n) is 5.01. The number of pyridine rings is 1. The van der Waals surface area contributed by atoms with Crippen LogP contribution in [0.1, 0.15) is 17.5 Å². The number of hydrogen-bond acceptors (Lipinski definition) is 4. The van der Waals surface area contributed by atoms with Gasteiger partial charge in [-0.05, 0) is 48.2 Å². The zero-order valence-electron chi connectivity index (χ0n) is 17.2. The molecule has 0 bridgehead atoms. The molecule has 162 valence electrons. The Morgan fingerprint density at radius 2 is 1.62 bits per heavy atom. The number of halogens is 3. The molecule has 1 N–H and O–H groups in total. The normalized spacial score (nSPS) is 11.3. The van der Waals surface area contributed by atoms with Crippen LogP contribution in [0.3, 0.4) is 0 Å². The summed E-state index contributed by atoms with van der Waals surface area (Å²) < 4.78 is 39.7. The van der Waals surface area contributed by atoms with Gasteiger partial charge in [-0.3, -0.25) is 4.98 Å². The topological polar surface area (TPSA) is 50.7 Å². The molecule has 4 aromatic rings. The van der Waals surface area contributed by atoms with Gasteiger partial charge < -0.3 is 5.32 Å². The minimum absolute atomic E-state index is 0.405. The van der Waals surface area contributed by atoms with Crippen LogP contribution in [0.2, 0.25) is 0 Å². The van der Waals surface area contributed by atoms with Crippen molar-refractivity contribution in [3.8, 4) is 22.4 Å². The van der Waals surface area contributed by atoms with Gasteiger partial charge in [-0.1, -0.05) is 42.5 Å². The molecule has 2 aromatic carbocycles. The molecule has 0 aliphatic carbocycles. The average Bonchev–Trinajstić information content (AvgIpc) is 2.82. The van der Waals surface area contributed by atoms with E-state index >= 15 is 0 Å². The van der Waals surface area contributed by atoms with E-state index in [0.717, 1.165) is 30.5 Å². The van der Waals surface area contributed by atoms with Gasteiger partial charge in [-0.2, -0.15) is 13.2 Å². The first-order valence-corrected chi connectivity index (χ1v) is 10.2. The summed E-state index contributed by atoms with van der Waals surface area (Å²) in [6.07, 6.45) is 2.22. The van der Waals surface area contributed by atoms with E-state index in [4.69, 9.17) is 0 Å². The smallest absolute Gasteiger partial charge is 0.354 e. The van der Waals surface area contributed by atoms with Crippen molar-refractivity contribution in [2.45, 2.75) is 19.0 Å². The Kier molecular flexibility index (Phi) is 6.44. The molecular weight excluding hydrogens is 413 g/mol. The van der Waals surface area contributed by atoms with Crippen LogP contribution >= 0.6 is 0 Å². The van der Waals surface area contributed by atoms with E-state index in [-0.39, 0.29) is 0 Å². The van der Waals surface area contributed by atoms with Crippen LogP contribution in [-0.4, -0.2) is 21.5 Å². The van der Waals surface area contributed by atoms with Crippen molar-refractivity contribution in [1.29, 1.82) is 0 Å². The molecule has 2 aromatic heterocycles. The molecule has 0 saturated carbocycles. The van der Waals surface area contributed by atoms with Gasteiger partial charge >= 0.3 is 6.18 Å². The van der Waals surface area contributed by atoms with E-state index in [0.29, 0.717) is 29.3 Å². The van der Waals surface area contributed by atoms with Crippen molar-refractivity contribution >= 4 is 5.95 Å². The third-order valence-corrected chi connectivity index (χ3v) is 5.01. The number of anilines is 1. The maximum atomic E-state index is 13.2. The number of nitrogens with zero attached hydrogens (tertiary/aromatic N) is 3. The first-order valence-electron chi connectivity index (χ1n) is 10.2. The number of hydrogen-bond donors (Lipinski definition) is 1. The predicted octanol–water partition coefficient (Wildman–Crippen LogP) is 6.27. The summed E-state index contributed by atoms with van der Waals surface area (Å²) in [5.41, 5.74) is 2.78. The van der Waals surface area contributed by atoms with Gasteiger partial charge in [-0.25, -0.2) is 9.97 Å². The number of aryl methyl sites for hydroxylation is 1. The maximum Gasteiger partial charge on any atom is 0.416 e. The molecular formula is C25H21F3N4. The molecule has 0 saturated heterocycles. The first kappa shape index (κ1) is 21.5. The SMILES string of the molecule is FC(F)(F)c1cccc(-c2cnc(NCCCc3ccccc3)nc2-c2ccncc2)c1. The van der Waals surface area contributed by atoms with Crippen LogP contribution in [0, 0.1) is 0 Å². The van der Waals surface area contributed by atoms with E-state index in [2.05, 4.69) is 32.4 Å². The molecule has 0 amide bonds. The minimum Gasteiger partial charge on any atom is -0.354 e. The van der Waals surface area contributed by atoms with Crippen LogP contribution in [0.5, 0.6) is 0 Å². The quantitative estimate of drug-likeness (QED) is 0.348. The van der Waals surface area contributed by atoms with Crippen LogP contribution < -0.4 is 5.32 Å². The fourth-order valence-corrected chi connectivity index (χ4v) is 3.41. The minimum atomic E-state index is -4.42. The van der Waals surface area contributed by atoms with Crippen molar-refractivity contribution < 1.29 is 13.2 Å². The summed E-state index contributed by atoms with van der Waals surface area (Å²) >= 11 is 0. The number of aromatic nitrogens is 3. The molecule has 0 unspecified atom stereocenters. The predicted molar refractivity (Wildman–Crippen MR) is 119 cm³/mol. The summed E-state index contributed by atoms with van der Waals surface area (Å²) in [5.74, 6) is 0.431. The van der Waals surface area contributed by atoms with Crippen molar-refractivity contribution in [2.24, 2.45) is 0 Å². The molecule has 0 atom stereocenters. The van der Waals surface area contributed by atoms with E-state index in [9.17, 15) is 13.2 Å². The Morgan fingerprint density at radius 3 is 2.38 bits per heavy atom. The molecule has 0 fully saturated rings. The molecule has 0 aliphatic heterocycles. The molecule has 7 heteroatoms. The summed E-state index contributed by atoms with van der Waals surface area (Å²) in [6, 6.07) is 18.9. The Bertz CT molecular complexity index is 1160. The van der Waals surface area contributed by atoms with Gasteiger partial charge in [0.15, 0.2) is 0 Å². The van der Waals surface area contributed by atoms with E-state index in [1.165, 1.54) is 11.6 Å². The number of rotatable bonds is 7. The van der Waals surface area contributed by atoms with Gasteiger partial charge in [0.1, 0.15) is 0 Å². The molecule has 0 aliphatic rings. The van der Waals surface area contributed by atoms with E-state index in [1.807, 2.05) is 18.2 Å². The number of benzene rings is 2. The van der Waals surface area contributed by atoms with Crippen LogP contribution in [0.4, 0.5) is 19.1 Å². The maximum absolute atomic E-state index is 13.2. The fourth-order valence-electron chi connectivity index (χ4n) is 3.41. The average molecular weight is 434 g/mol. The second-order valence-corrected chi connectivity index (χ2v) is 7.29. The largest absolute Gasteiger partial charge is 0.416 e. The first-order chi connectivity index (χ1) is 15.5. The Hall–Kier alpha value is -3.74. The zero-order chi connectivity index (χ0) is 22.4. The lowest BCUT2D eigenvalue weighted by molar-refractivity contribution is -0.137. The molecule has 2 heterocycles. The number of nitrogens with one attached hydrogen (secondary N) is 1. The Balaban J connectivity index is 1.59. The van der Waals surface area contributed by atoms with Crippen molar-refractivity contribution in [1.82, 2.24) is 15.0 Å². The van der Waals surface area contributed by atoms with E-state index < -0.39 is 11.7 Å².